The summed E-state index contributed by atoms with van der Waals surface area (Å²) >= 11 is 0. The zero-order chi connectivity index (χ0) is 20.3. The van der Waals surface area contributed by atoms with Crippen molar-refractivity contribution in [2.45, 2.75) is 26.3 Å². The molecule has 1 aliphatic rings. The second-order valence-electron chi connectivity index (χ2n) is 7.11. The van der Waals surface area contributed by atoms with Crippen molar-refractivity contribution in [1.82, 2.24) is 4.90 Å². The van der Waals surface area contributed by atoms with Crippen LogP contribution in [-0.4, -0.2) is 35.3 Å². The summed E-state index contributed by atoms with van der Waals surface area (Å²) in [6, 6.07) is 12.7. The summed E-state index contributed by atoms with van der Waals surface area (Å²) in [6.45, 7) is 4.20. The van der Waals surface area contributed by atoms with Crippen LogP contribution in [0, 0.1) is 11.7 Å². The van der Waals surface area contributed by atoms with Crippen molar-refractivity contribution in [2.75, 3.05) is 16.8 Å². The molecule has 0 radical (unpaired) electrons. The molecule has 7 heteroatoms. The normalized spacial score (nSPS) is 16.8. The van der Waals surface area contributed by atoms with Gasteiger partial charge in [-0.2, -0.15) is 0 Å². The van der Waals surface area contributed by atoms with Gasteiger partial charge in [-0.05, 0) is 42.3 Å². The Kier molecular flexibility index (Phi) is 5.73. The fourth-order valence-electron chi connectivity index (χ4n) is 3.17. The monoisotopic (exact) mass is 383 g/mol. The lowest BCUT2D eigenvalue weighted by atomic mass is 10.1. The highest BCUT2D eigenvalue weighted by Gasteiger charge is 2.46. The number of benzene rings is 2. The summed E-state index contributed by atoms with van der Waals surface area (Å²) < 4.78 is 13.2. The van der Waals surface area contributed by atoms with E-state index in [0.717, 1.165) is 4.90 Å². The van der Waals surface area contributed by atoms with Crippen molar-refractivity contribution in [3.8, 4) is 0 Å². The highest BCUT2D eigenvalue weighted by Crippen LogP contribution is 2.28. The lowest BCUT2D eigenvalue weighted by Crippen LogP contribution is -2.40. The van der Waals surface area contributed by atoms with Crippen molar-refractivity contribution < 1.29 is 18.8 Å². The Morgan fingerprint density at radius 3 is 2.32 bits per heavy atom. The molecule has 6 nitrogen and oxygen atoms in total. The largest absolute Gasteiger partial charge is 0.332 e. The number of anilines is 2. The van der Waals surface area contributed by atoms with E-state index in [0.29, 0.717) is 12.2 Å². The van der Waals surface area contributed by atoms with E-state index in [1.165, 1.54) is 29.2 Å². The number of hydrogen-bond donors (Lipinski definition) is 1. The number of carbonyl (C=O) groups is 3. The second kappa shape index (κ2) is 8.21. The van der Waals surface area contributed by atoms with E-state index in [1.807, 2.05) is 19.9 Å². The van der Waals surface area contributed by atoms with Gasteiger partial charge >= 0.3 is 6.03 Å². The summed E-state index contributed by atoms with van der Waals surface area (Å²) in [5.41, 5.74) is 0.909. The lowest BCUT2D eigenvalue weighted by Gasteiger charge is -2.23. The molecule has 1 saturated heterocycles. The molecule has 0 unspecified atom stereocenters. The second-order valence-corrected chi connectivity index (χ2v) is 7.11. The van der Waals surface area contributed by atoms with Gasteiger partial charge in [0.15, 0.2) is 0 Å². The molecule has 28 heavy (non-hydrogen) atoms. The number of imide groups is 1. The minimum atomic E-state index is -0.899. The van der Waals surface area contributed by atoms with Crippen molar-refractivity contribution in [1.29, 1.82) is 0 Å². The molecule has 2 aromatic carbocycles. The summed E-state index contributed by atoms with van der Waals surface area (Å²) in [6.07, 6.45) is -0.149. The number of amides is 4. The van der Waals surface area contributed by atoms with Gasteiger partial charge in [-0.3, -0.25) is 9.59 Å². The third-order valence-electron chi connectivity index (χ3n) is 4.40. The van der Waals surface area contributed by atoms with Crippen LogP contribution >= 0.6 is 0 Å². The van der Waals surface area contributed by atoms with Gasteiger partial charge < -0.3 is 10.2 Å². The fraction of sp³-hybridized carbons (Fsp3) is 0.286. The average Bonchev–Trinajstić information content (AvgIpc) is 2.87. The number of nitrogens with one attached hydrogen (secondary N) is 1. The minimum Gasteiger partial charge on any atom is -0.326 e. The van der Waals surface area contributed by atoms with Gasteiger partial charge in [-0.25, -0.2) is 14.1 Å². The molecule has 4 amide bonds. The van der Waals surface area contributed by atoms with Crippen LogP contribution in [0.3, 0.4) is 0 Å². The lowest BCUT2D eigenvalue weighted by molar-refractivity contribution is -0.124. The van der Waals surface area contributed by atoms with Crippen molar-refractivity contribution >= 4 is 29.2 Å². The smallest absolute Gasteiger partial charge is 0.326 e. The first-order valence-corrected chi connectivity index (χ1v) is 9.12. The quantitative estimate of drug-likeness (QED) is 0.774. The zero-order valence-corrected chi connectivity index (χ0v) is 15.8. The van der Waals surface area contributed by atoms with Gasteiger partial charge in [0.05, 0.1) is 12.1 Å². The highest BCUT2D eigenvalue weighted by molar-refractivity contribution is 6.22. The number of para-hydroxylation sites is 1. The molecule has 146 valence electrons. The topological polar surface area (TPSA) is 69.7 Å². The SMILES string of the molecule is CC(C)CN1C(=O)N(c2ccc(F)cc2)C(=O)[C@@H]1CC(=O)Nc1ccccc1. The molecule has 1 heterocycles. The van der Waals surface area contributed by atoms with Crippen LogP contribution in [0.2, 0.25) is 0 Å². The Morgan fingerprint density at radius 1 is 1.07 bits per heavy atom. The fourth-order valence-corrected chi connectivity index (χ4v) is 3.17. The Labute approximate surface area is 162 Å². The van der Waals surface area contributed by atoms with Crippen molar-refractivity contribution in [3.05, 3.63) is 60.4 Å². The number of nitrogens with zero attached hydrogens (tertiary/aromatic N) is 2. The van der Waals surface area contributed by atoms with Gasteiger partial charge in [-0.1, -0.05) is 32.0 Å². The summed E-state index contributed by atoms with van der Waals surface area (Å²) in [7, 11) is 0. The molecular formula is C21H22FN3O3. The summed E-state index contributed by atoms with van der Waals surface area (Å²) in [5, 5.41) is 2.74. The average molecular weight is 383 g/mol. The van der Waals surface area contributed by atoms with E-state index in [4.69, 9.17) is 0 Å². The Hall–Kier alpha value is -3.22. The first-order chi connectivity index (χ1) is 13.4. The van der Waals surface area contributed by atoms with E-state index >= 15 is 0 Å². The number of halogens is 1. The molecule has 0 saturated carbocycles. The van der Waals surface area contributed by atoms with Crippen LogP contribution in [0.25, 0.3) is 0 Å². The van der Waals surface area contributed by atoms with Gasteiger partial charge in [-0.15, -0.1) is 0 Å². The van der Waals surface area contributed by atoms with Crippen LogP contribution in [0.4, 0.5) is 20.6 Å². The van der Waals surface area contributed by atoms with Gasteiger partial charge in [0.2, 0.25) is 5.91 Å². The van der Waals surface area contributed by atoms with E-state index in [9.17, 15) is 18.8 Å². The molecular weight excluding hydrogens is 361 g/mol. The number of rotatable bonds is 6. The maximum absolute atomic E-state index is 13.2. The number of hydrogen-bond acceptors (Lipinski definition) is 3. The van der Waals surface area contributed by atoms with Crippen LogP contribution < -0.4 is 10.2 Å². The van der Waals surface area contributed by atoms with Gasteiger partial charge in [0.25, 0.3) is 5.91 Å². The first kappa shape index (κ1) is 19.5. The predicted molar refractivity (Wildman–Crippen MR) is 104 cm³/mol. The van der Waals surface area contributed by atoms with E-state index in [1.54, 1.807) is 24.3 Å². The third kappa shape index (κ3) is 4.19. The molecule has 0 aliphatic carbocycles. The molecule has 0 spiro atoms. The molecule has 0 bridgehead atoms. The number of carbonyl (C=O) groups excluding carboxylic acids is 3. The molecule has 1 aliphatic heterocycles. The Morgan fingerprint density at radius 2 is 1.71 bits per heavy atom. The van der Waals surface area contributed by atoms with Gasteiger partial charge in [0.1, 0.15) is 11.9 Å². The van der Waals surface area contributed by atoms with Crippen LogP contribution in [0.5, 0.6) is 0 Å². The third-order valence-corrected chi connectivity index (χ3v) is 4.40. The van der Waals surface area contributed by atoms with Crippen molar-refractivity contribution in [3.63, 3.8) is 0 Å². The van der Waals surface area contributed by atoms with E-state index < -0.39 is 23.8 Å². The van der Waals surface area contributed by atoms with Crippen LogP contribution in [-0.2, 0) is 9.59 Å². The molecule has 3 rings (SSSR count). The maximum Gasteiger partial charge on any atom is 0.332 e. The molecule has 0 aromatic heterocycles. The van der Waals surface area contributed by atoms with E-state index in [2.05, 4.69) is 5.32 Å². The molecule has 2 aromatic rings. The standard InChI is InChI=1S/C21H22FN3O3/c1-14(2)13-24-18(12-19(26)23-16-6-4-3-5-7-16)20(27)25(21(24)28)17-10-8-15(22)9-11-17/h3-11,14,18H,12-13H2,1-2H3,(H,23,26)/t18-/m0/s1. The van der Waals surface area contributed by atoms with Crippen LogP contribution in [0.15, 0.2) is 54.6 Å². The zero-order valence-electron chi connectivity index (χ0n) is 15.8. The molecule has 1 N–H and O–H groups in total. The first-order valence-electron chi connectivity index (χ1n) is 9.12. The van der Waals surface area contributed by atoms with Gasteiger partial charge in [0, 0.05) is 12.2 Å². The molecule has 1 atom stereocenters. The number of urea groups is 1. The van der Waals surface area contributed by atoms with E-state index in [-0.39, 0.29) is 23.9 Å². The van der Waals surface area contributed by atoms with Crippen LogP contribution in [0.1, 0.15) is 20.3 Å². The van der Waals surface area contributed by atoms with Crippen molar-refractivity contribution in [2.24, 2.45) is 5.92 Å². The Balaban J connectivity index is 1.82. The minimum absolute atomic E-state index is 0.115. The Bertz CT molecular complexity index is 868. The summed E-state index contributed by atoms with van der Waals surface area (Å²) in [5.74, 6) is -1.18. The molecule has 1 fully saturated rings. The maximum atomic E-state index is 13.2. The predicted octanol–water partition coefficient (Wildman–Crippen LogP) is 3.65. The highest BCUT2D eigenvalue weighted by atomic mass is 19.1. The summed E-state index contributed by atoms with van der Waals surface area (Å²) in [4.78, 5) is 40.8.